The average Bonchev–Trinajstić information content (AvgIpc) is 2.76. The van der Waals surface area contributed by atoms with Gasteiger partial charge in [0, 0.05) is 6.04 Å². The lowest BCUT2D eigenvalue weighted by Crippen LogP contribution is -2.23. The fraction of sp³-hybridized carbons (Fsp3) is 0.538. The van der Waals surface area contributed by atoms with Gasteiger partial charge in [-0.1, -0.05) is 19.3 Å². The molecule has 0 amide bonds. The Morgan fingerprint density at radius 3 is 2.83 bits per heavy atom. The van der Waals surface area contributed by atoms with E-state index in [0.29, 0.717) is 12.0 Å². The zero-order valence-electron chi connectivity index (χ0n) is 10.7. The SMILES string of the molecule is Cc1c(NC2CCCCC2)ccc2nc(N)nn12. The minimum Gasteiger partial charge on any atom is -0.381 e. The molecule has 2 aromatic rings. The molecule has 2 aromatic heterocycles. The maximum Gasteiger partial charge on any atom is 0.240 e. The van der Waals surface area contributed by atoms with Crippen LogP contribution in [0.5, 0.6) is 0 Å². The third kappa shape index (κ3) is 2.00. The number of fused-ring (bicyclic) bond motifs is 1. The normalized spacial score (nSPS) is 17.2. The molecule has 5 heteroatoms. The van der Waals surface area contributed by atoms with Crippen LogP contribution in [-0.4, -0.2) is 20.6 Å². The zero-order valence-corrected chi connectivity index (χ0v) is 10.7. The first-order valence-electron chi connectivity index (χ1n) is 6.62. The molecule has 96 valence electrons. The van der Waals surface area contributed by atoms with Gasteiger partial charge in [0.15, 0.2) is 5.65 Å². The quantitative estimate of drug-likeness (QED) is 0.852. The molecule has 5 nitrogen and oxygen atoms in total. The molecule has 18 heavy (non-hydrogen) atoms. The molecule has 0 atom stereocenters. The van der Waals surface area contributed by atoms with Crippen LogP contribution in [0.25, 0.3) is 5.65 Å². The van der Waals surface area contributed by atoms with Gasteiger partial charge in [-0.3, -0.25) is 0 Å². The predicted octanol–water partition coefficient (Wildman–Crippen LogP) is 2.36. The minimum atomic E-state index is 0.327. The van der Waals surface area contributed by atoms with E-state index < -0.39 is 0 Å². The van der Waals surface area contributed by atoms with E-state index in [9.17, 15) is 0 Å². The van der Waals surface area contributed by atoms with Crippen molar-refractivity contribution in [1.29, 1.82) is 0 Å². The van der Waals surface area contributed by atoms with Gasteiger partial charge in [-0.15, -0.1) is 5.10 Å². The number of hydrogen-bond acceptors (Lipinski definition) is 4. The van der Waals surface area contributed by atoms with E-state index in [0.717, 1.165) is 17.0 Å². The Balaban J connectivity index is 1.89. The molecular weight excluding hydrogens is 226 g/mol. The highest BCUT2D eigenvalue weighted by molar-refractivity contribution is 5.56. The molecule has 3 rings (SSSR count). The van der Waals surface area contributed by atoms with E-state index in [2.05, 4.69) is 21.5 Å². The summed E-state index contributed by atoms with van der Waals surface area (Å²) in [5.41, 5.74) is 8.64. The van der Waals surface area contributed by atoms with Crippen LogP contribution in [-0.2, 0) is 0 Å². The molecule has 0 bridgehead atoms. The van der Waals surface area contributed by atoms with Crippen molar-refractivity contribution in [2.24, 2.45) is 0 Å². The fourth-order valence-corrected chi connectivity index (χ4v) is 2.71. The largest absolute Gasteiger partial charge is 0.381 e. The molecule has 0 radical (unpaired) electrons. The molecular formula is C13H19N5. The number of anilines is 2. The summed E-state index contributed by atoms with van der Waals surface area (Å²) in [6.45, 7) is 2.05. The van der Waals surface area contributed by atoms with Crippen LogP contribution in [0.2, 0.25) is 0 Å². The van der Waals surface area contributed by atoms with E-state index in [4.69, 9.17) is 5.73 Å². The van der Waals surface area contributed by atoms with Crippen LogP contribution in [0.3, 0.4) is 0 Å². The minimum absolute atomic E-state index is 0.327. The van der Waals surface area contributed by atoms with Crippen molar-refractivity contribution in [2.45, 2.75) is 45.1 Å². The number of pyridine rings is 1. The predicted molar refractivity (Wildman–Crippen MR) is 72.6 cm³/mol. The number of nitrogens with one attached hydrogen (secondary N) is 1. The van der Waals surface area contributed by atoms with Crippen molar-refractivity contribution in [2.75, 3.05) is 11.1 Å². The molecule has 0 saturated heterocycles. The van der Waals surface area contributed by atoms with E-state index in [-0.39, 0.29) is 0 Å². The highest BCUT2D eigenvalue weighted by atomic mass is 15.3. The number of nitrogens with two attached hydrogens (primary N) is 1. The second kappa shape index (κ2) is 4.48. The van der Waals surface area contributed by atoms with Gasteiger partial charge in [0.05, 0.1) is 11.4 Å². The Hall–Kier alpha value is -1.78. The van der Waals surface area contributed by atoms with Crippen LogP contribution in [0, 0.1) is 6.92 Å². The van der Waals surface area contributed by atoms with E-state index in [1.54, 1.807) is 4.52 Å². The number of nitrogens with zero attached hydrogens (tertiary/aromatic N) is 3. The first kappa shape index (κ1) is 11.3. The summed E-state index contributed by atoms with van der Waals surface area (Å²) >= 11 is 0. The molecule has 1 aliphatic carbocycles. The van der Waals surface area contributed by atoms with Crippen molar-refractivity contribution in [3.63, 3.8) is 0 Å². The Kier molecular flexibility index (Phi) is 2.81. The van der Waals surface area contributed by atoms with Crippen LogP contribution in [0.15, 0.2) is 12.1 Å². The third-order valence-electron chi connectivity index (χ3n) is 3.72. The molecule has 1 saturated carbocycles. The van der Waals surface area contributed by atoms with Crippen LogP contribution >= 0.6 is 0 Å². The second-order valence-electron chi connectivity index (χ2n) is 5.05. The summed E-state index contributed by atoms with van der Waals surface area (Å²) in [7, 11) is 0. The summed E-state index contributed by atoms with van der Waals surface area (Å²) in [6, 6.07) is 4.63. The maximum atomic E-state index is 5.63. The van der Waals surface area contributed by atoms with Crippen molar-refractivity contribution >= 4 is 17.3 Å². The lowest BCUT2D eigenvalue weighted by molar-refractivity contribution is 0.462. The first-order valence-corrected chi connectivity index (χ1v) is 6.62. The van der Waals surface area contributed by atoms with E-state index in [1.807, 2.05) is 13.0 Å². The standard InChI is InChI=1S/C13H19N5/c1-9-11(15-10-5-3-2-4-6-10)7-8-12-16-13(14)17-18(9)12/h7-8,10,15H,2-6H2,1H3,(H2,14,17). The second-order valence-corrected chi connectivity index (χ2v) is 5.05. The van der Waals surface area contributed by atoms with Crippen molar-refractivity contribution in [3.05, 3.63) is 17.8 Å². The summed E-state index contributed by atoms with van der Waals surface area (Å²) in [4.78, 5) is 4.16. The lowest BCUT2D eigenvalue weighted by atomic mass is 9.95. The molecule has 0 aliphatic heterocycles. The first-order chi connectivity index (χ1) is 8.74. The number of hydrogen-bond donors (Lipinski definition) is 2. The van der Waals surface area contributed by atoms with Gasteiger partial charge in [-0.25, -0.2) is 4.52 Å². The highest BCUT2D eigenvalue weighted by Gasteiger charge is 2.15. The zero-order chi connectivity index (χ0) is 12.5. The lowest BCUT2D eigenvalue weighted by Gasteiger charge is -2.24. The monoisotopic (exact) mass is 245 g/mol. The van der Waals surface area contributed by atoms with E-state index in [1.165, 1.54) is 32.1 Å². The smallest absolute Gasteiger partial charge is 0.240 e. The Morgan fingerprint density at radius 1 is 1.28 bits per heavy atom. The summed E-state index contributed by atoms with van der Waals surface area (Å²) < 4.78 is 1.81. The van der Waals surface area contributed by atoms with Gasteiger partial charge in [-0.2, -0.15) is 4.98 Å². The van der Waals surface area contributed by atoms with Crippen molar-refractivity contribution in [1.82, 2.24) is 14.6 Å². The molecule has 3 N–H and O–H groups in total. The van der Waals surface area contributed by atoms with E-state index >= 15 is 0 Å². The van der Waals surface area contributed by atoms with Crippen molar-refractivity contribution in [3.8, 4) is 0 Å². The number of aryl methyl sites for hydroxylation is 1. The van der Waals surface area contributed by atoms with Gasteiger partial charge in [-0.05, 0) is 31.9 Å². The average molecular weight is 245 g/mol. The number of nitrogen functional groups attached to an aromatic ring is 1. The third-order valence-corrected chi connectivity index (χ3v) is 3.72. The van der Waals surface area contributed by atoms with Crippen LogP contribution < -0.4 is 11.1 Å². The molecule has 1 fully saturated rings. The molecule has 0 aromatic carbocycles. The fourth-order valence-electron chi connectivity index (χ4n) is 2.71. The molecule has 0 unspecified atom stereocenters. The summed E-state index contributed by atoms with van der Waals surface area (Å²) in [5, 5.41) is 7.83. The van der Waals surface area contributed by atoms with Gasteiger partial charge >= 0.3 is 0 Å². The van der Waals surface area contributed by atoms with Crippen molar-refractivity contribution < 1.29 is 0 Å². The van der Waals surface area contributed by atoms with Gasteiger partial charge in [0.25, 0.3) is 0 Å². The van der Waals surface area contributed by atoms with Gasteiger partial charge in [0.1, 0.15) is 0 Å². The summed E-state index contributed by atoms with van der Waals surface area (Å²) in [5.74, 6) is 0.327. The van der Waals surface area contributed by atoms with Crippen LogP contribution in [0.1, 0.15) is 37.8 Å². The Labute approximate surface area is 106 Å². The maximum absolute atomic E-state index is 5.63. The summed E-state index contributed by atoms with van der Waals surface area (Å²) in [6.07, 6.45) is 6.55. The number of rotatable bonds is 2. The van der Waals surface area contributed by atoms with Gasteiger partial charge in [0.2, 0.25) is 5.95 Å². The topological polar surface area (TPSA) is 68.2 Å². The Bertz CT molecular complexity index is 554. The Morgan fingerprint density at radius 2 is 2.06 bits per heavy atom. The number of aromatic nitrogens is 3. The van der Waals surface area contributed by atoms with Crippen LogP contribution in [0.4, 0.5) is 11.6 Å². The van der Waals surface area contributed by atoms with Gasteiger partial charge < -0.3 is 11.1 Å². The molecule has 0 spiro atoms. The molecule has 1 aliphatic rings. The molecule has 2 heterocycles. The highest BCUT2D eigenvalue weighted by Crippen LogP contribution is 2.24.